The molecule has 1 unspecified atom stereocenters. The van der Waals surface area contributed by atoms with Crippen molar-refractivity contribution in [3.63, 3.8) is 0 Å². The minimum absolute atomic E-state index is 0.180. The molecule has 1 atom stereocenters. The molecule has 1 N–H and O–H groups in total. The van der Waals surface area contributed by atoms with Gasteiger partial charge in [-0.25, -0.2) is 4.79 Å². The van der Waals surface area contributed by atoms with Gasteiger partial charge in [0.15, 0.2) is 0 Å². The van der Waals surface area contributed by atoms with E-state index >= 15 is 0 Å². The van der Waals surface area contributed by atoms with Crippen molar-refractivity contribution in [1.82, 2.24) is 5.32 Å². The van der Waals surface area contributed by atoms with Crippen LogP contribution in [-0.4, -0.2) is 18.6 Å². The number of esters is 1. The van der Waals surface area contributed by atoms with Crippen molar-refractivity contribution in [2.24, 2.45) is 5.92 Å². The number of nitrogens with one attached hydrogen (secondary N) is 1. The topological polar surface area (TPSA) is 38.3 Å². The Labute approximate surface area is 86.5 Å². The smallest absolute Gasteiger partial charge is 0.328 e. The van der Waals surface area contributed by atoms with Crippen LogP contribution in [-0.2, 0) is 9.53 Å². The van der Waals surface area contributed by atoms with Gasteiger partial charge < -0.3 is 10.1 Å². The second kappa shape index (κ2) is 7.42. The van der Waals surface area contributed by atoms with E-state index in [0.29, 0.717) is 12.5 Å². The van der Waals surface area contributed by atoms with Crippen LogP contribution in [0.4, 0.5) is 0 Å². The Morgan fingerprint density at radius 1 is 1.57 bits per heavy atom. The van der Waals surface area contributed by atoms with Gasteiger partial charge in [0, 0.05) is 0 Å². The van der Waals surface area contributed by atoms with Crippen molar-refractivity contribution in [3.05, 3.63) is 12.8 Å². The van der Waals surface area contributed by atoms with Gasteiger partial charge in [-0.15, -0.1) is 0 Å². The summed E-state index contributed by atoms with van der Waals surface area (Å²) in [6.45, 7) is 10.2. The summed E-state index contributed by atoms with van der Waals surface area (Å²) in [4.78, 5) is 11.5. The number of hydrogen-bond acceptors (Lipinski definition) is 3. The SMILES string of the molecule is C=CNC(CC(C)C)C(=O)OCCC. The normalized spacial score (nSPS) is 12.3. The second-order valence-corrected chi connectivity index (χ2v) is 3.72. The van der Waals surface area contributed by atoms with Gasteiger partial charge in [0.1, 0.15) is 6.04 Å². The Morgan fingerprint density at radius 3 is 2.64 bits per heavy atom. The molecule has 0 aliphatic heterocycles. The fourth-order valence-electron chi connectivity index (χ4n) is 1.15. The van der Waals surface area contributed by atoms with Crippen LogP contribution >= 0.6 is 0 Å². The molecule has 0 bridgehead atoms. The quantitative estimate of drug-likeness (QED) is 0.638. The van der Waals surface area contributed by atoms with E-state index in [0.717, 1.165) is 12.8 Å². The predicted octanol–water partition coefficient (Wildman–Crippen LogP) is 2.09. The fourth-order valence-corrected chi connectivity index (χ4v) is 1.15. The summed E-state index contributed by atoms with van der Waals surface area (Å²) in [7, 11) is 0. The lowest BCUT2D eigenvalue weighted by Crippen LogP contribution is -2.36. The third kappa shape index (κ3) is 5.62. The van der Waals surface area contributed by atoms with Gasteiger partial charge in [-0.05, 0) is 25.0 Å². The molecule has 0 amide bonds. The summed E-state index contributed by atoms with van der Waals surface area (Å²) >= 11 is 0. The molecule has 82 valence electrons. The maximum Gasteiger partial charge on any atom is 0.328 e. The zero-order valence-electron chi connectivity index (χ0n) is 9.38. The van der Waals surface area contributed by atoms with E-state index in [9.17, 15) is 4.79 Å². The van der Waals surface area contributed by atoms with Crippen LogP contribution in [0.15, 0.2) is 12.8 Å². The summed E-state index contributed by atoms with van der Waals surface area (Å²) in [6.07, 6.45) is 3.17. The molecule has 0 saturated carbocycles. The molecule has 0 rings (SSSR count). The maximum absolute atomic E-state index is 11.5. The van der Waals surface area contributed by atoms with Gasteiger partial charge >= 0.3 is 5.97 Å². The molecule has 0 aliphatic rings. The molecule has 0 heterocycles. The average Bonchev–Trinajstić information content (AvgIpc) is 2.13. The van der Waals surface area contributed by atoms with Gasteiger partial charge in [-0.3, -0.25) is 0 Å². The van der Waals surface area contributed by atoms with Crippen LogP contribution in [0.25, 0.3) is 0 Å². The first-order valence-electron chi connectivity index (χ1n) is 5.15. The molecule has 0 fully saturated rings. The first kappa shape index (κ1) is 13.0. The highest BCUT2D eigenvalue weighted by Crippen LogP contribution is 2.06. The number of hydrogen-bond donors (Lipinski definition) is 1. The van der Waals surface area contributed by atoms with Crippen molar-refractivity contribution in [2.45, 2.75) is 39.7 Å². The molecule has 0 radical (unpaired) electrons. The summed E-state index contributed by atoms with van der Waals surface area (Å²) in [5.41, 5.74) is 0. The summed E-state index contributed by atoms with van der Waals surface area (Å²) in [5, 5.41) is 2.91. The molecule has 0 aliphatic carbocycles. The molecular formula is C11H21NO2. The summed E-state index contributed by atoms with van der Waals surface area (Å²) < 4.78 is 5.06. The van der Waals surface area contributed by atoms with E-state index in [4.69, 9.17) is 4.74 Å². The Hall–Kier alpha value is -0.990. The molecule has 0 saturated heterocycles. The van der Waals surface area contributed by atoms with Gasteiger partial charge in [0.25, 0.3) is 0 Å². The zero-order valence-corrected chi connectivity index (χ0v) is 9.38. The van der Waals surface area contributed by atoms with Gasteiger partial charge in [-0.2, -0.15) is 0 Å². The molecule has 0 spiro atoms. The predicted molar refractivity (Wildman–Crippen MR) is 57.8 cm³/mol. The minimum Gasteiger partial charge on any atom is -0.464 e. The van der Waals surface area contributed by atoms with Crippen LogP contribution in [0.3, 0.4) is 0 Å². The van der Waals surface area contributed by atoms with Crippen LogP contribution in [0.5, 0.6) is 0 Å². The van der Waals surface area contributed by atoms with E-state index in [2.05, 4.69) is 25.7 Å². The second-order valence-electron chi connectivity index (χ2n) is 3.72. The number of carbonyl (C=O) groups is 1. The van der Waals surface area contributed by atoms with Crippen LogP contribution in [0, 0.1) is 5.92 Å². The standard InChI is InChI=1S/C11H21NO2/c1-5-7-14-11(13)10(12-6-2)8-9(3)4/h6,9-10,12H,2,5,7-8H2,1,3-4H3. The molecule has 0 aromatic carbocycles. The van der Waals surface area contributed by atoms with Gasteiger partial charge in [-0.1, -0.05) is 27.4 Å². The van der Waals surface area contributed by atoms with Crippen LogP contribution in [0.1, 0.15) is 33.6 Å². The lowest BCUT2D eigenvalue weighted by atomic mass is 10.0. The third-order valence-corrected chi connectivity index (χ3v) is 1.76. The highest BCUT2D eigenvalue weighted by atomic mass is 16.5. The lowest BCUT2D eigenvalue weighted by molar-refractivity contribution is -0.146. The summed E-state index contributed by atoms with van der Waals surface area (Å²) in [6, 6.07) is -0.251. The van der Waals surface area contributed by atoms with E-state index in [1.54, 1.807) is 6.20 Å². The first-order chi connectivity index (χ1) is 6.61. The molecule has 14 heavy (non-hydrogen) atoms. The van der Waals surface area contributed by atoms with E-state index in [-0.39, 0.29) is 12.0 Å². The zero-order chi connectivity index (χ0) is 11.0. The van der Waals surface area contributed by atoms with Crippen molar-refractivity contribution in [1.29, 1.82) is 0 Å². The van der Waals surface area contributed by atoms with E-state index < -0.39 is 0 Å². The highest BCUT2D eigenvalue weighted by molar-refractivity contribution is 5.75. The van der Waals surface area contributed by atoms with Crippen molar-refractivity contribution in [3.8, 4) is 0 Å². The van der Waals surface area contributed by atoms with Gasteiger partial charge in [0.05, 0.1) is 6.61 Å². The molecule has 0 aromatic heterocycles. The number of ether oxygens (including phenoxy) is 1. The van der Waals surface area contributed by atoms with E-state index in [1.165, 1.54) is 0 Å². The first-order valence-corrected chi connectivity index (χ1v) is 5.15. The largest absolute Gasteiger partial charge is 0.464 e. The molecule has 3 heteroatoms. The Bertz CT molecular complexity index is 178. The Morgan fingerprint density at radius 2 is 2.21 bits per heavy atom. The van der Waals surface area contributed by atoms with Crippen LogP contribution < -0.4 is 5.32 Å². The van der Waals surface area contributed by atoms with Crippen molar-refractivity contribution >= 4 is 5.97 Å². The lowest BCUT2D eigenvalue weighted by Gasteiger charge is -2.17. The monoisotopic (exact) mass is 199 g/mol. The van der Waals surface area contributed by atoms with Crippen LogP contribution in [0.2, 0.25) is 0 Å². The number of carbonyl (C=O) groups excluding carboxylic acids is 1. The Kier molecular flexibility index (Phi) is 6.89. The fraction of sp³-hybridized carbons (Fsp3) is 0.727. The van der Waals surface area contributed by atoms with Gasteiger partial charge in [0.2, 0.25) is 0 Å². The van der Waals surface area contributed by atoms with E-state index in [1.807, 2.05) is 6.92 Å². The number of rotatable bonds is 7. The minimum atomic E-state index is -0.251. The molecule has 0 aromatic rings. The molecular weight excluding hydrogens is 178 g/mol. The maximum atomic E-state index is 11.5. The Balaban J connectivity index is 4.03. The highest BCUT2D eigenvalue weighted by Gasteiger charge is 2.19. The third-order valence-electron chi connectivity index (χ3n) is 1.76. The molecule has 3 nitrogen and oxygen atoms in total. The summed E-state index contributed by atoms with van der Waals surface area (Å²) in [5.74, 6) is 0.280. The average molecular weight is 199 g/mol. The van der Waals surface area contributed by atoms with Crippen molar-refractivity contribution < 1.29 is 9.53 Å². The van der Waals surface area contributed by atoms with Crippen molar-refractivity contribution in [2.75, 3.05) is 6.61 Å².